The van der Waals surface area contributed by atoms with Gasteiger partial charge in [0.05, 0.1) is 67.1 Å². The van der Waals surface area contributed by atoms with E-state index < -0.39 is 170 Å². The van der Waals surface area contributed by atoms with Gasteiger partial charge in [-0.2, -0.15) is 0 Å². The lowest BCUT2D eigenvalue weighted by atomic mass is 9.93. The summed E-state index contributed by atoms with van der Waals surface area (Å²) in [6.45, 7) is 12.1. The molecule has 120 heavy (non-hydrogen) atoms. The molecule has 15 rings (SSSR count). The fourth-order valence-corrected chi connectivity index (χ4v) is 16.3. The molecule has 0 radical (unpaired) electrons. The van der Waals surface area contributed by atoms with E-state index in [0.29, 0.717) is 68.1 Å². The second-order valence-electron chi connectivity index (χ2n) is 28.5. The molecule has 10 aromatic heterocycles. The first-order chi connectivity index (χ1) is 58.6. The van der Waals surface area contributed by atoms with E-state index in [9.17, 15) is 75.3 Å². The van der Waals surface area contributed by atoms with Gasteiger partial charge in [0.1, 0.15) is 164 Å². The minimum atomic E-state index is -1.72. The van der Waals surface area contributed by atoms with E-state index in [1.54, 1.807) is 38.2 Å². The van der Waals surface area contributed by atoms with E-state index in [1.807, 2.05) is 5.48 Å². The Morgan fingerprint density at radius 2 is 0.733 bits per heavy atom. The highest BCUT2D eigenvalue weighted by Gasteiger charge is 2.59. The molecule has 5 fully saturated rings. The first-order valence-corrected chi connectivity index (χ1v) is 38.4. The van der Waals surface area contributed by atoms with Gasteiger partial charge >= 0.3 is 0 Å². The molecule has 644 valence electrons. The van der Waals surface area contributed by atoms with Crippen molar-refractivity contribution < 1.29 is 128 Å². The summed E-state index contributed by atoms with van der Waals surface area (Å²) < 4.78 is 89.1. The van der Waals surface area contributed by atoms with Gasteiger partial charge in [-0.1, -0.05) is 62.1 Å². The number of aliphatic hydroxyl groups excluding tert-OH is 6. The highest BCUT2D eigenvalue weighted by molar-refractivity contribution is 9.10. The maximum absolute atomic E-state index is 11.5. The van der Waals surface area contributed by atoms with Crippen molar-refractivity contribution in [2.75, 3.05) is 51.1 Å². The minimum Gasteiger partial charge on any atom is -0.437 e. The number of carbonyl (C=O) groups is 4. The largest absolute Gasteiger partial charge is 0.437 e. The van der Waals surface area contributed by atoms with Crippen LogP contribution >= 0.6 is 50.7 Å². The first-order valence-electron chi connectivity index (χ1n) is 38.8. The van der Waals surface area contributed by atoms with Crippen molar-refractivity contribution in [3.05, 3.63) is 105 Å². The number of halogens is 4. The van der Waals surface area contributed by atoms with Crippen molar-refractivity contribution in [1.82, 2.24) is 72.7 Å². The second-order valence-corrected chi connectivity index (χ2v) is 30.5. The van der Waals surface area contributed by atoms with Crippen LogP contribution in [0.3, 0.4) is 0 Å². The zero-order valence-electron chi connectivity index (χ0n) is 69.4. The van der Waals surface area contributed by atoms with E-state index in [2.05, 4.69) is 71.2 Å². The monoisotopic (exact) mass is 1800 g/mol. The predicted octanol–water partition coefficient (Wildman–Crippen LogP) is 0.607. The molecule has 14 N–H and O–H groups in total. The highest BCUT2D eigenvalue weighted by Crippen LogP contribution is 2.48. The van der Waals surface area contributed by atoms with Gasteiger partial charge in [0.25, 0.3) is 29.8 Å². The van der Waals surface area contributed by atoms with Gasteiger partial charge in [-0.3, -0.25) is 34.7 Å². The summed E-state index contributed by atoms with van der Waals surface area (Å²) in [6, 6.07) is 0. The Kier molecular flexibility index (Phi) is 27.9. The van der Waals surface area contributed by atoms with Crippen LogP contribution in [0.25, 0.3) is 55.2 Å². The van der Waals surface area contributed by atoms with Crippen molar-refractivity contribution in [2.45, 2.75) is 182 Å². The van der Waals surface area contributed by atoms with Crippen molar-refractivity contribution in [3.8, 4) is 0 Å². The third kappa shape index (κ3) is 17.3. The molecule has 5 saturated heterocycles. The predicted molar refractivity (Wildman–Crippen MR) is 434 cm³/mol. The lowest BCUT2D eigenvalue weighted by Gasteiger charge is -2.30. The second kappa shape index (κ2) is 38.5. The van der Waals surface area contributed by atoms with Gasteiger partial charge in [0.2, 0.25) is 0 Å². The molecule has 0 saturated carbocycles. The third-order valence-electron chi connectivity index (χ3n) is 20.7. The molecule has 5 aliphatic heterocycles. The topological polar surface area (TPSA) is 581 Å². The van der Waals surface area contributed by atoms with E-state index in [1.165, 1.54) is 110 Å². The smallest absolute Gasteiger partial charge is 0.272 e. The number of anilines is 2. The number of rotatable bonds is 25. The number of fused-ring (bicyclic) bond motifs is 5. The summed E-state index contributed by atoms with van der Waals surface area (Å²) in [5.74, 6) is 0.299. The molecule has 0 bridgehead atoms. The number of hydrogen-bond acceptors (Lipinski definition) is 38. The summed E-state index contributed by atoms with van der Waals surface area (Å²) in [5, 5.41) is 124. The van der Waals surface area contributed by atoms with Crippen LogP contribution in [0.4, 0.5) is 11.6 Å². The Labute approximate surface area is 712 Å². The Balaban J connectivity index is 0.000000151. The molecule has 43 nitrogen and oxygen atoms in total. The van der Waals surface area contributed by atoms with E-state index >= 15 is 0 Å². The molecule has 0 aliphatic carbocycles. The van der Waals surface area contributed by atoms with Crippen molar-refractivity contribution in [3.63, 3.8) is 0 Å². The van der Waals surface area contributed by atoms with Gasteiger partial charge in [0, 0.05) is 63.1 Å². The molecular weight excluding hydrogens is 1710 g/mol. The summed E-state index contributed by atoms with van der Waals surface area (Å²) >= 11 is 21.7. The average molecular weight is 1800 g/mol. The van der Waals surface area contributed by atoms with Crippen LogP contribution in [0.2, 0.25) is 42.8 Å². The normalized spacial score (nSPS) is 30.4. The van der Waals surface area contributed by atoms with Gasteiger partial charge in [-0.25, -0.2) is 55.3 Å². The number of nitrogens with zero attached hydrogens (tertiary/aromatic N) is 15. The minimum absolute atomic E-state index is 0.00974. The van der Waals surface area contributed by atoms with E-state index in [0.717, 1.165) is 6.33 Å². The van der Waals surface area contributed by atoms with Crippen LogP contribution in [0.15, 0.2) is 67.1 Å². The maximum atomic E-state index is 11.5. The molecule has 10 aromatic rings. The van der Waals surface area contributed by atoms with Crippen molar-refractivity contribution in [2.24, 2.45) is 0 Å². The molecule has 0 unspecified atom stereocenters. The number of carbonyl (C=O) groups excluding carboxylic acids is 4. The number of aromatic nitrogens is 15. The van der Waals surface area contributed by atoms with Crippen LogP contribution < -0.4 is 11.0 Å². The highest BCUT2D eigenvalue weighted by atomic mass is 79.9. The van der Waals surface area contributed by atoms with Crippen molar-refractivity contribution in [1.29, 1.82) is 5.34 Å². The molecule has 0 aromatic carbocycles. The fourth-order valence-electron chi connectivity index (χ4n) is 14.9. The number of aliphatic hydroxyl groups is 11. The van der Waals surface area contributed by atoms with Gasteiger partial charge < -0.3 is 121 Å². The summed E-state index contributed by atoms with van der Waals surface area (Å²) in [4.78, 5) is 90.5. The molecule has 0 spiro atoms. The lowest BCUT2D eigenvalue weighted by Crippen LogP contribution is -2.46. The number of hydrogen-bond donors (Lipinski definition) is 14. The summed E-state index contributed by atoms with van der Waals surface area (Å²) in [7, 11) is -1.93. The Morgan fingerprint density at radius 3 is 1.04 bits per heavy atom. The molecule has 15 heterocycles. The molecular formula is C69H87B4BrCl3N17O26. The zero-order valence-corrected chi connectivity index (χ0v) is 69.2. The summed E-state index contributed by atoms with van der Waals surface area (Å²) in [5.41, 5.74) is -1.20. The molecule has 0 amide bonds. The fraction of sp³-hybridized carbons (Fsp3) is 0.507. The Morgan fingerprint density at radius 1 is 0.450 bits per heavy atom. The van der Waals surface area contributed by atoms with Crippen molar-refractivity contribution >= 4 is 172 Å². The maximum Gasteiger partial charge on any atom is 0.272 e. The number of nitrogens with one attached hydrogen (secondary N) is 2. The molecule has 5 aliphatic rings. The van der Waals surface area contributed by atoms with Gasteiger partial charge in [-0.05, 0) is 50.5 Å². The number of ether oxygens (including phenoxy) is 5. The van der Waals surface area contributed by atoms with Crippen LogP contribution in [-0.2, 0) is 47.1 Å². The SMILES string of the molecule is CONc1ncnc2c1c(C=O)cn2[C@@H]1O[C@H](CO)[C@@H](O)[C@@]1(C)O.C[C@@]1(O)[C@H](O)[C@@H](CO)O[C@H]1n1cc(C=O)c2c(Cl)ncnc21.C[C@@]1(O)[C@H](O)[C@@H](CO)O[C@H]1n1cc(C=O)c2c(NO)ncnc21.[2H]B(C)OC[C@H]1O[C@@H](n2cc(Br)c3c(Cl)ncnc32)[C@](C)(O)[C@@H]1OB([2H])C.[2H]B(C)OC[C@H]1O[C@@H](n2cc(C=O)c3c(Cl)ncnc32)[C@](C)(O)[C@@H]1OB([2H])C. The Hall–Kier alpha value is -7.89. The van der Waals surface area contributed by atoms with Crippen LogP contribution in [-0.4, -0.2) is 324 Å². The quantitative estimate of drug-likeness (QED) is 0.0161. The molecule has 51 heteroatoms. The van der Waals surface area contributed by atoms with Crippen LogP contribution in [0.5, 0.6) is 0 Å². The lowest BCUT2D eigenvalue weighted by molar-refractivity contribution is -0.0948. The third-order valence-corrected chi connectivity index (χ3v) is 22.2. The molecule has 20 atom stereocenters. The zero-order chi connectivity index (χ0) is 90.9. The van der Waals surface area contributed by atoms with Crippen LogP contribution in [0.1, 0.15) is 107 Å². The van der Waals surface area contributed by atoms with Crippen LogP contribution in [0, 0.1) is 0 Å². The first kappa shape index (κ1) is 87.0. The van der Waals surface area contributed by atoms with Gasteiger partial charge in [0.15, 0.2) is 67.9 Å². The van der Waals surface area contributed by atoms with E-state index in [-0.39, 0.29) is 79.2 Å². The summed E-state index contributed by atoms with van der Waals surface area (Å²) in [6.07, 6.45) is 1.05. The Bertz CT molecular complexity index is 5460. The number of aldehydes is 4. The average Bonchev–Trinajstić information content (AvgIpc) is 1.61. The standard InChI is InChI=1S/C15H20B2ClN3O5.C14H19B2BrClN3O4.C14H18N4O6.C13H14ClN3O5.C13H16N4O6/c1-15(23)11(26-17-3)9(6-24-16-2)25-14(15)21-4-8(5-22)10-12(18)19-7-20-13(10)21;1-14(22)10(25-16-3)8(5-23-15-2)24-13(14)21-4-7(17)9-11(18)19-6-20-12(9)21;1-14(22)10(21)8(5-20)24-13(14)18-3-7(4-19)9-11(17-23-2)15-6-16-12(9)18;1-13(21)9(20)7(4-19)22-12(13)17-2-6(3-18)8-10(14)15-5-16-11(8)17;1-13(21)9(20)7(4-19)23-12(13)17-2-6(3-18)8-10(16-22)14-5-15-11(8)17/h4-5,7,9,11,14,16-17,23H,6H2,1-3H3;4,6,8,10,13,15-16,22H,5H2,1-3H3;3-4,6,8,10,13,20-22H,5H2,1-2H3,(H,15,16,17);2-3,5,7,9,12,19-21H,4H2,1H3;2-3,5,7,9,12,19-22H,4H2,1H3,(H,14,15,16)/t9-,11-,14-,15-;2*8-,10-,13-,14-;2*7-,9-,12-,13-/m11111/s1/i16D,17D;15D,16D;;;. The van der Waals surface area contributed by atoms with Gasteiger partial charge in [-0.15, -0.1) is 0 Å². The van der Waals surface area contributed by atoms with E-state index in [4.69, 9.17) is 92.5 Å².